The number of aryl methyl sites for hydroxylation is 1. The maximum absolute atomic E-state index is 13.3. The zero-order chi connectivity index (χ0) is 28.4. The van der Waals surface area contributed by atoms with E-state index in [1.54, 1.807) is 7.11 Å². The fraction of sp³-hybridized carbons (Fsp3) is 0.273. The van der Waals surface area contributed by atoms with Crippen molar-refractivity contribution in [1.29, 1.82) is 0 Å². The second kappa shape index (κ2) is 11.1. The van der Waals surface area contributed by atoms with Gasteiger partial charge in [0, 0.05) is 37.6 Å². The van der Waals surface area contributed by atoms with E-state index < -0.39 is 5.41 Å². The van der Waals surface area contributed by atoms with Crippen LogP contribution in [0.25, 0.3) is 21.9 Å². The molecule has 41 heavy (non-hydrogen) atoms. The maximum Gasteiger partial charge on any atom is 0.228 e. The quantitative estimate of drug-likeness (QED) is 0.225. The average Bonchev–Trinajstić information content (AvgIpc) is 3.37. The number of imidazole rings is 1. The number of nitrogens with zero attached hydrogens (tertiary/aromatic N) is 4. The number of rotatable bonds is 10. The summed E-state index contributed by atoms with van der Waals surface area (Å²) >= 11 is 0. The zero-order valence-electron chi connectivity index (χ0n) is 23.2. The predicted molar refractivity (Wildman–Crippen MR) is 163 cm³/mol. The van der Waals surface area contributed by atoms with E-state index in [0.29, 0.717) is 37.2 Å². The van der Waals surface area contributed by atoms with Gasteiger partial charge in [0.25, 0.3) is 0 Å². The fourth-order valence-electron chi connectivity index (χ4n) is 6.13. The number of fused-ring (bicyclic) bond motifs is 4. The van der Waals surface area contributed by atoms with Gasteiger partial charge in [-0.05, 0) is 36.1 Å². The Labute approximate surface area is 239 Å². The van der Waals surface area contributed by atoms with Gasteiger partial charge in [-0.2, -0.15) is 0 Å². The molecule has 1 unspecified atom stereocenters. The number of aromatic nitrogens is 3. The largest absolute Gasteiger partial charge is 0.384 e. The summed E-state index contributed by atoms with van der Waals surface area (Å²) < 4.78 is 7.62. The van der Waals surface area contributed by atoms with Gasteiger partial charge < -0.3 is 20.8 Å². The molecule has 6 rings (SSSR count). The van der Waals surface area contributed by atoms with E-state index in [-0.39, 0.29) is 5.91 Å². The van der Waals surface area contributed by atoms with Crippen LogP contribution in [0.15, 0.2) is 83.9 Å². The minimum atomic E-state index is -0.833. The van der Waals surface area contributed by atoms with E-state index in [2.05, 4.69) is 15.6 Å². The third-order valence-electron chi connectivity index (χ3n) is 8.18. The van der Waals surface area contributed by atoms with Crippen LogP contribution in [-0.4, -0.2) is 39.9 Å². The zero-order valence-corrected chi connectivity index (χ0v) is 23.2. The van der Waals surface area contributed by atoms with E-state index in [1.165, 1.54) is 0 Å². The standard InChI is InChI=1S/C33H34N6O2/c1-41-20-17-28-38-29-30(23-13-5-7-15-25(23)37-31(29)34)39(28)19-10-9-18-33(32(35)40)21-27(22-11-3-2-4-12-22)36-26-16-8-6-14-24(26)33/h2-8,11-16H,9-10,17-21H2,1H3,(H2,34,37)(H2,35,40). The molecule has 2 aromatic heterocycles. The van der Waals surface area contributed by atoms with Gasteiger partial charge >= 0.3 is 0 Å². The summed E-state index contributed by atoms with van der Waals surface area (Å²) in [5.74, 6) is 1.03. The number of primary amides is 1. The highest BCUT2D eigenvalue weighted by Gasteiger charge is 2.43. The minimum absolute atomic E-state index is 0.313. The van der Waals surface area contributed by atoms with Crippen molar-refractivity contribution in [2.45, 2.75) is 44.1 Å². The van der Waals surface area contributed by atoms with Crippen molar-refractivity contribution in [3.63, 3.8) is 0 Å². The molecule has 8 nitrogen and oxygen atoms in total. The van der Waals surface area contributed by atoms with Crippen LogP contribution in [0.3, 0.4) is 0 Å². The highest BCUT2D eigenvalue weighted by Crippen LogP contribution is 2.44. The number of carbonyl (C=O) groups excluding carboxylic acids is 1. The van der Waals surface area contributed by atoms with Crippen molar-refractivity contribution in [3.05, 3.63) is 95.8 Å². The van der Waals surface area contributed by atoms with Gasteiger partial charge in [-0.3, -0.25) is 9.79 Å². The summed E-state index contributed by atoms with van der Waals surface area (Å²) in [6.45, 7) is 1.27. The first-order valence-electron chi connectivity index (χ1n) is 14.1. The lowest BCUT2D eigenvalue weighted by Crippen LogP contribution is -2.44. The molecule has 3 heterocycles. The van der Waals surface area contributed by atoms with Crippen molar-refractivity contribution in [1.82, 2.24) is 14.5 Å². The number of nitrogens with two attached hydrogens (primary N) is 2. The van der Waals surface area contributed by atoms with E-state index in [1.807, 2.05) is 72.8 Å². The molecule has 3 aromatic carbocycles. The summed E-state index contributed by atoms with van der Waals surface area (Å²) in [4.78, 5) is 27.7. The van der Waals surface area contributed by atoms with E-state index in [0.717, 1.165) is 64.2 Å². The predicted octanol–water partition coefficient (Wildman–Crippen LogP) is 5.47. The van der Waals surface area contributed by atoms with Crippen molar-refractivity contribution >= 4 is 45.1 Å². The average molecular weight is 547 g/mol. The van der Waals surface area contributed by atoms with Crippen molar-refractivity contribution in [2.24, 2.45) is 10.7 Å². The van der Waals surface area contributed by atoms with Crippen molar-refractivity contribution < 1.29 is 9.53 Å². The molecule has 5 aromatic rings. The first kappa shape index (κ1) is 26.7. The highest BCUT2D eigenvalue weighted by atomic mass is 16.5. The number of para-hydroxylation sites is 2. The smallest absolute Gasteiger partial charge is 0.228 e. The summed E-state index contributed by atoms with van der Waals surface area (Å²) in [5, 5.41) is 1.02. The maximum atomic E-state index is 13.3. The van der Waals surface area contributed by atoms with Gasteiger partial charge in [0.1, 0.15) is 11.3 Å². The first-order valence-corrected chi connectivity index (χ1v) is 14.1. The van der Waals surface area contributed by atoms with E-state index >= 15 is 0 Å². The lowest BCUT2D eigenvalue weighted by atomic mass is 9.69. The molecule has 208 valence electrons. The number of methoxy groups -OCH3 is 1. The highest BCUT2D eigenvalue weighted by molar-refractivity contribution is 6.08. The Bertz CT molecular complexity index is 1760. The number of benzene rings is 3. The molecular weight excluding hydrogens is 512 g/mol. The normalized spacial score (nSPS) is 16.6. The molecule has 0 spiro atoms. The van der Waals surface area contributed by atoms with Crippen LogP contribution in [0.1, 0.15) is 42.6 Å². The molecule has 0 bridgehead atoms. The second-order valence-corrected chi connectivity index (χ2v) is 10.7. The molecule has 0 aliphatic carbocycles. The van der Waals surface area contributed by atoms with Gasteiger partial charge in [-0.15, -0.1) is 0 Å². The van der Waals surface area contributed by atoms with E-state index in [4.69, 9.17) is 26.2 Å². The molecule has 8 heteroatoms. The van der Waals surface area contributed by atoms with Crippen LogP contribution < -0.4 is 11.5 Å². The molecule has 0 fully saturated rings. The Kier molecular flexibility index (Phi) is 7.24. The first-order chi connectivity index (χ1) is 20.0. The number of hydrogen-bond acceptors (Lipinski definition) is 6. The minimum Gasteiger partial charge on any atom is -0.384 e. The number of aliphatic imine (C=N–C) groups is 1. The van der Waals surface area contributed by atoms with Crippen LogP contribution in [0, 0.1) is 0 Å². The van der Waals surface area contributed by atoms with Gasteiger partial charge in [-0.25, -0.2) is 9.97 Å². The molecule has 1 aliphatic heterocycles. The number of anilines is 1. The van der Waals surface area contributed by atoms with Crippen LogP contribution in [0.4, 0.5) is 11.5 Å². The van der Waals surface area contributed by atoms with E-state index in [9.17, 15) is 4.79 Å². The van der Waals surface area contributed by atoms with Crippen LogP contribution >= 0.6 is 0 Å². The molecule has 0 radical (unpaired) electrons. The van der Waals surface area contributed by atoms with Crippen molar-refractivity contribution in [3.8, 4) is 0 Å². The molecule has 1 atom stereocenters. The second-order valence-electron chi connectivity index (χ2n) is 10.7. The monoisotopic (exact) mass is 546 g/mol. The molecule has 1 aliphatic rings. The lowest BCUT2D eigenvalue weighted by molar-refractivity contribution is -0.123. The number of nitrogen functional groups attached to an aromatic ring is 1. The SMILES string of the molecule is COCCc1nc2c(N)nc3ccccc3c2n1CCCCC1(C(N)=O)CC(c2ccccc2)=Nc2ccccc21. The Morgan fingerprint density at radius 1 is 0.976 bits per heavy atom. The molecule has 4 N–H and O–H groups in total. The molecule has 0 saturated carbocycles. The number of ether oxygens (including phenoxy) is 1. The van der Waals surface area contributed by atoms with Crippen LogP contribution in [-0.2, 0) is 27.9 Å². The Hall–Kier alpha value is -4.56. The number of carbonyl (C=O) groups is 1. The molecule has 0 saturated heterocycles. The number of unbranched alkanes of at least 4 members (excludes halogenated alkanes) is 1. The van der Waals surface area contributed by atoms with Crippen molar-refractivity contribution in [2.75, 3.05) is 19.5 Å². The Morgan fingerprint density at radius 2 is 1.73 bits per heavy atom. The summed E-state index contributed by atoms with van der Waals surface area (Å²) in [6.07, 6.45) is 3.38. The van der Waals surface area contributed by atoms with Gasteiger partial charge in [0.2, 0.25) is 5.91 Å². The summed E-state index contributed by atoms with van der Waals surface area (Å²) in [7, 11) is 1.69. The molecular formula is C33H34N6O2. The van der Waals surface area contributed by atoms with Gasteiger partial charge in [-0.1, -0.05) is 73.2 Å². The third-order valence-corrected chi connectivity index (χ3v) is 8.18. The molecule has 1 amide bonds. The van der Waals surface area contributed by atoms with Crippen LogP contribution in [0.5, 0.6) is 0 Å². The third kappa shape index (κ3) is 4.85. The number of pyridine rings is 1. The lowest BCUT2D eigenvalue weighted by Gasteiger charge is -2.36. The number of hydrogen-bond donors (Lipinski definition) is 2. The number of amides is 1. The van der Waals surface area contributed by atoms with Gasteiger partial charge in [0.15, 0.2) is 5.82 Å². The topological polar surface area (TPSA) is 121 Å². The Balaban J connectivity index is 1.31. The fourth-order valence-corrected chi connectivity index (χ4v) is 6.13. The van der Waals surface area contributed by atoms with Crippen LogP contribution in [0.2, 0.25) is 0 Å². The van der Waals surface area contributed by atoms with Gasteiger partial charge in [0.05, 0.1) is 28.7 Å². The summed E-state index contributed by atoms with van der Waals surface area (Å²) in [6, 6.07) is 25.9. The summed E-state index contributed by atoms with van der Waals surface area (Å²) in [5.41, 5.74) is 17.9. The Morgan fingerprint density at radius 3 is 2.54 bits per heavy atom.